The molecule has 102 valence electrons. The van der Waals surface area contributed by atoms with E-state index in [4.69, 9.17) is 0 Å². The summed E-state index contributed by atoms with van der Waals surface area (Å²) in [5, 5.41) is 0. The molecule has 0 aliphatic rings. The van der Waals surface area contributed by atoms with Gasteiger partial charge >= 0.3 is 0 Å². The van der Waals surface area contributed by atoms with E-state index in [-0.39, 0.29) is 0 Å². The molecule has 0 spiro atoms. The number of aryl methyl sites for hydroxylation is 1. The van der Waals surface area contributed by atoms with E-state index >= 15 is 0 Å². The van der Waals surface area contributed by atoms with Gasteiger partial charge in [-0.05, 0) is 24.0 Å². The summed E-state index contributed by atoms with van der Waals surface area (Å²) < 4.78 is 1.94. The summed E-state index contributed by atoms with van der Waals surface area (Å²) in [5.41, 5.74) is 4.12. The van der Waals surface area contributed by atoms with Crippen molar-refractivity contribution in [1.29, 1.82) is 0 Å². The highest BCUT2D eigenvalue weighted by Crippen LogP contribution is 2.32. The van der Waals surface area contributed by atoms with Crippen LogP contribution in [0, 0.1) is 6.92 Å². The Labute approximate surface area is 121 Å². The van der Waals surface area contributed by atoms with Crippen LogP contribution < -0.4 is 0 Å². The molecule has 20 heavy (non-hydrogen) atoms. The minimum absolute atomic E-state index is 0.520. The lowest BCUT2D eigenvalue weighted by atomic mass is 10.0. The van der Waals surface area contributed by atoms with Crippen LogP contribution in [0.3, 0.4) is 0 Å². The Hall–Kier alpha value is -1.94. The molecule has 2 heterocycles. The molecule has 3 rings (SSSR count). The number of imidazole rings is 1. The quantitative estimate of drug-likeness (QED) is 0.672. The van der Waals surface area contributed by atoms with Crippen molar-refractivity contribution in [3.8, 4) is 11.3 Å². The fraction of sp³-hybridized carbons (Fsp3) is 0.250. The summed E-state index contributed by atoms with van der Waals surface area (Å²) in [4.78, 5) is 17.5. The van der Waals surface area contributed by atoms with Gasteiger partial charge < -0.3 is 0 Å². The smallest absolute Gasteiger partial charge is 0.194 e. The predicted molar refractivity (Wildman–Crippen MR) is 82.7 cm³/mol. The first-order chi connectivity index (χ1) is 9.61. The molecule has 3 aromatic rings. The van der Waals surface area contributed by atoms with Crippen LogP contribution in [-0.2, 0) is 0 Å². The number of rotatable bonds is 3. The van der Waals surface area contributed by atoms with Crippen LogP contribution in [0.25, 0.3) is 16.2 Å². The zero-order chi connectivity index (χ0) is 14.3. The molecule has 0 amide bonds. The Morgan fingerprint density at radius 2 is 1.95 bits per heavy atom. The van der Waals surface area contributed by atoms with Gasteiger partial charge in [0.2, 0.25) is 0 Å². The van der Waals surface area contributed by atoms with Crippen molar-refractivity contribution in [3.63, 3.8) is 0 Å². The van der Waals surface area contributed by atoms with Crippen LogP contribution in [0.1, 0.15) is 40.7 Å². The summed E-state index contributed by atoms with van der Waals surface area (Å²) >= 11 is 1.61. The molecule has 0 aliphatic heterocycles. The Kier molecular flexibility index (Phi) is 3.18. The van der Waals surface area contributed by atoms with Crippen LogP contribution in [0.2, 0.25) is 0 Å². The van der Waals surface area contributed by atoms with E-state index in [9.17, 15) is 4.79 Å². The van der Waals surface area contributed by atoms with Gasteiger partial charge in [0.15, 0.2) is 11.2 Å². The maximum absolute atomic E-state index is 11.2. The Morgan fingerprint density at radius 1 is 1.25 bits per heavy atom. The Bertz CT molecular complexity index is 766. The number of carbonyl (C=O) groups excluding carboxylic acids is 1. The first kappa shape index (κ1) is 13.1. The molecule has 0 radical (unpaired) electrons. The maximum Gasteiger partial charge on any atom is 0.194 e. The topological polar surface area (TPSA) is 34.4 Å². The summed E-state index contributed by atoms with van der Waals surface area (Å²) in [6, 6.07) is 8.55. The van der Waals surface area contributed by atoms with E-state index in [1.807, 2.05) is 4.40 Å². The molecule has 4 heteroatoms. The standard InChI is InChI=1S/C16H16N2OS/c1-10(2)12-4-6-13(7-5-12)15-11(3)20-16-17-8-14(9-19)18(15)16/h4-10H,1-3H3. The first-order valence-corrected chi connectivity index (χ1v) is 7.46. The zero-order valence-corrected chi connectivity index (χ0v) is 12.6. The Balaban J connectivity index is 2.20. The molecule has 0 fully saturated rings. The fourth-order valence-corrected chi connectivity index (χ4v) is 3.40. The second-order valence-corrected chi connectivity index (χ2v) is 6.38. The molecule has 0 N–H and O–H groups in total. The van der Waals surface area contributed by atoms with E-state index < -0.39 is 0 Å². The van der Waals surface area contributed by atoms with Gasteiger partial charge in [0.05, 0.1) is 11.9 Å². The van der Waals surface area contributed by atoms with Gasteiger partial charge in [0, 0.05) is 4.88 Å². The first-order valence-electron chi connectivity index (χ1n) is 6.64. The van der Waals surface area contributed by atoms with E-state index in [2.05, 4.69) is 50.0 Å². The van der Waals surface area contributed by atoms with Gasteiger partial charge in [0.25, 0.3) is 0 Å². The molecule has 0 saturated carbocycles. The highest BCUT2D eigenvalue weighted by Gasteiger charge is 2.15. The van der Waals surface area contributed by atoms with Crippen LogP contribution in [0.15, 0.2) is 30.5 Å². The SMILES string of the molecule is Cc1sc2ncc(C=O)n2c1-c1ccc(C(C)C)cc1. The highest BCUT2D eigenvalue weighted by molar-refractivity contribution is 7.17. The van der Waals surface area contributed by atoms with Crippen LogP contribution in [0.4, 0.5) is 0 Å². The van der Waals surface area contributed by atoms with Crippen LogP contribution in [0.5, 0.6) is 0 Å². The third kappa shape index (κ3) is 1.96. The number of aromatic nitrogens is 2. The van der Waals surface area contributed by atoms with Crippen molar-refractivity contribution in [2.24, 2.45) is 0 Å². The van der Waals surface area contributed by atoms with E-state index in [1.54, 1.807) is 17.5 Å². The van der Waals surface area contributed by atoms with Crippen molar-refractivity contribution < 1.29 is 4.79 Å². The maximum atomic E-state index is 11.2. The van der Waals surface area contributed by atoms with E-state index in [0.717, 1.165) is 22.5 Å². The average Bonchev–Trinajstić information content (AvgIpc) is 2.96. The lowest BCUT2D eigenvalue weighted by Crippen LogP contribution is -1.94. The summed E-state index contributed by atoms with van der Waals surface area (Å²) in [6.07, 6.45) is 2.49. The molecule has 0 saturated heterocycles. The molecular formula is C16H16N2OS. The number of aldehydes is 1. The molecule has 3 nitrogen and oxygen atoms in total. The zero-order valence-electron chi connectivity index (χ0n) is 11.8. The molecule has 0 unspecified atom stereocenters. The molecular weight excluding hydrogens is 268 g/mol. The third-order valence-corrected chi connectivity index (χ3v) is 4.50. The third-order valence-electron chi connectivity index (χ3n) is 3.53. The summed E-state index contributed by atoms with van der Waals surface area (Å²) in [5.74, 6) is 0.520. The van der Waals surface area contributed by atoms with Crippen molar-refractivity contribution in [2.75, 3.05) is 0 Å². The fourth-order valence-electron chi connectivity index (χ4n) is 2.43. The van der Waals surface area contributed by atoms with Gasteiger partial charge in [-0.3, -0.25) is 9.20 Å². The van der Waals surface area contributed by atoms with Gasteiger partial charge in [-0.2, -0.15) is 0 Å². The second kappa shape index (κ2) is 4.87. The monoisotopic (exact) mass is 284 g/mol. The van der Waals surface area contributed by atoms with Crippen LogP contribution >= 0.6 is 11.3 Å². The van der Waals surface area contributed by atoms with Gasteiger partial charge in [-0.1, -0.05) is 38.1 Å². The minimum atomic E-state index is 0.520. The molecule has 1 aromatic carbocycles. The number of thiazole rings is 1. The number of benzene rings is 1. The minimum Gasteiger partial charge on any atom is -0.296 e. The van der Waals surface area contributed by atoms with Gasteiger partial charge in [-0.25, -0.2) is 4.98 Å². The predicted octanol–water partition coefficient (Wildman–Crippen LogP) is 4.31. The summed E-state index contributed by atoms with van der Waals surface area (Å²) in [7, 11) is 0. The Morgan fingerprint density at radius 3 is 2.55 bits per heavy atom. The lowest BCUT2D eigenvalue weighted by molar-refractivity contribution is 0.111. The number of nitrogens with zero attached hydrogens (tertiary/aromatic N) is 2. The number of hydrogen-bond donors (Lipinski definition) is 0. The van der Waals surface area contributed by atoms with Gasteiger partial charge in [0.1, 0.15) is 5.69 Å². The summed E-state index contributed by atoms with van der Waals surface area (Å²) in [6.45, 7) is 6.44. The molecule has 0 atom stereocenters. The number of hydrogen-bond acceptors (Lipinski definition) is 3. The average molecular weight is 284 g/mol. The number of carbonyl (C=O) groups is 1. The van der Waals surface area contributed by atoms with Crippen LogP contribution in [-0.4, -0.2) is 15.7 Å². The van der Waals surface area contributed by atoms with E-state index in [0.29, 0.717) is 11.6 Å². The van der Waals surface area contributed by atoms with Crippen molar-refractivity contribution in [1.82, 2.24) is 9.38 Å². The van der Waals surface area contributed by atoms with Crippen molar-refractivity contribution in [3.05, 3.63) is 46.6 Å². The van der Waals surface area contributed by atoms with Crippen molar-refractivity contribution >= 4 is 22.6 Å². The lowest BCUT2D eigenvalue weighted by Gasteiger charge is -2.08. The second-order valence-electron chi connectivity index (χ2n) is 5.20. The highest BCUT2D eigenvalue weighted by atomic mass is 32.1. The van der Waals surface area contributed by atoms with Crippen molar-refractivity contribution in [2.45, 2.75) is 26.7 Å². The molecule has 0 bridgehead atoms. The normalized spacial score (nSPS) is 11.4. The van der Waals surface area contributed by atoms with Gasteiger partial charge in [-0.15, -0.1) is 11.3 Å². The number of fused-ring (bicyclic) bond motifs is 1. The van der Waals surface area contributed by atoms with E-state index in [1.165, 1.54) is 10.4 Å². The largest absolute Gasteiger partial charge is 0.296 e. The molecule has 0 aliphatic carbocycles. The molecule has 2 aromatic heterocycles.